The number of thiophene rings is 1. The first kappa shape index (κ1) is 33.0. The Morgan fingerprint density at radius 2 is 0.982 bits per heavy atom. The number of hydrogen-bond donors (Lipinski definition) is 0. The molecule has 8 aromatic carbocycles. The summed E-state index contributed by atoms with van der Waals surface area (Å²) in [7, 11) is 0. The first-order valence-corrected chi connectivity index (χ1v) is 21.3. The van der Waals surface area contributed by atoms with Crippen molar-refractivity contribution in [3.63, 3.8) is 0 Å². The Bertz CT molecular complexity index is 2880. The van der Waals surface area contributed by atoms with Crippen molar-refractivity contribution in [2.45, 2.75) is 31.1 Å². The summed E-state index contributed by atoms with van der Waals surface area (Å²) < 4.78 is 2.64. The Morgan fingerprint density at radius 3 is 1.63 bits per heavy atom. The predicted octanol–water partition coefficient (Wildman–Crippen LogP) is 15.6. The normalized spacial score (nSPS) is 19.0. The van der Waals surface area contributed by atoms with Crippen LogP contribution in [0.5, 0.6) is 0 Å². The minimum absolute atomic E-state index is 0.193. The molecule has 3 aliphatic rings. The fraction of sp³-hybridized carbons (Fsp3) is 0.127. The van der Waals surface area contributed by atoms with Crippen molar-refractivity contribution in [2.75, 3.05) is 4.90 Å². The quantitative estimate of drug-likeness (QED) is 0.164. The van der Waals surface area contributed by atoms with Crippen molar-refractivity contribution in [1.82, 2.24) is 0 Å². The molecule has 1 spiro atoms. The van der Waals surface area contributed by atoms with Gasteiger partial charge in [-0.15, -0.1) is 11.3 Å². The van der Waals surface area contributed by atoms with Gasteiger partial charge >= 0.3 is 0 Å². The maximum Gasteiger partial charge on any atom is 0.0476 e. The van der Waals surface area contributed by atoms with E-state index in [0.29, 0.717) is 0 Å². The zero-order valence-electron chi connectivity index (χ0n) is 31.7. The van der Waals surface area contributed by atoms with Crippen molar-refractivity contribution in [3.8, 4) is 44.5 Å². The van der Waals surface area contributed by atoms with Gasteiger partial charge in [0.2, 0.25) is 0 Å². The molecule has 0 amide bonds. The molecule has 272 valence electrons. The molecular formula is C55H41NS. The highest BCUT2D eigenvalue weighted by Gasteiger charge is 2.56. The second kappa shape index (κ2) is 12.9. The molecule has 3 aliphatic carbocycles. The Morgan fingerprint density at radius 1 is 0.439 bits per heavy atom. The summed E-state index contributed by atoms with van der Waals surface area (Å²) in [6.07, 6.45) is 5.48. The van der Waals surface area contributed by atoms with Crippen molar-refractivity contribution in [2.24, 2.45) is 11.8 Å². The fourth-order valence-electron chi connectivity index (χ4n) is 11.1. The minimum Gasteiger partial charge on any atom is -0.310 e. The van der Waals surface area contributed by atoms with E-state index in [4.69, 9.17) is 0 Å². The summed E-state index contributed by atoms with van der Waals surface area (Å²) in [5, 5.41) is 2.64. The van der Waals surface area contributed by atoms with Crippen LogP contribution in [0, 0.1) is 11.8 Å². The molecular weight excluding hydrogens is 707 g/mol. The SMILES string of the molecule is c1ccc(-c2ccc(N(c3ccc(-c4ccccc4)cc3)c3ccc4c(c3)sc3cc(-c5cccc6c5-c5ccccc5C65CC6CCC5C6)ccc34)cc2)cc1. The summed E-state index contributed by atoms with van der Waals surface area (Å²) >= 11 is 1.91. The van der Waals surface area contributed by atoms with E-state index >= 15 is 0 Å². The molecule has 3 unspecified atom stereocenters. The van der Waals surface area contributed by atoms with Gasteiger partial charge in [0.05, 0.1) is 0 Å². The maximum absolute atomic E-state index is 2.47. The van der Waals surface area contributed by atoms with Crippen LogP contribution in [-0.2, 0) is 5.41 Å². The van der Waals surface area contributed by atoms with E-state index in [1.807, 2.05) is 11.3 Å². The van der Waals surface area contributed by atoms with Crippen LogP contribution in [0.3, 0.4) is 0 Å². The van der Waals surface area contributed by atoms with Crippen LogP contribution in [0.25, 0.3) is 64.7 Å². The zero-order chi connectivity index (χ0) is 37.5. The highest BCUT2D eigenvalue weighted by molar-refractivity contribution is 7.25. The summed E-state index contributed by atoms with van der Waals surface area (Å²) in [6, 6.07) is 70.1. The standard InChI is InChI=1S/C55H41NS/c1-3-10-37(11-4-1)39-19-25-43(26-20-39)56(44-27-21-40(22-28-44)38-12-5-2-6-13-38)45-29-31-48-47-30-23-41(33-52(47)57-53(48)34-45)46-15-9-17-51-54(46)49-14-7-8-16-50(49)55(51)35-36-18-24-42(55)32-36/h1-17,19-23,25-31,33-34,36,42H,18,24,32,35H2. The Balaban J connectivity index is 0.955. The lowest BCUT2D eigenvalue weighted by Gasteiger charge is -2.36. The van der Waals surface area contributed by atoms with Crippen LogP contribution >= 0.6 is 11.3 Å². The van der Waals surface area contributed by atoms with Gasteiger partial charge in [-0.3, -0.25) is 0 Å². The molecule has 0 aliphatic heterocycles. The van der Waals surface area contributed by atoms with Gasteiger partial charge in [-0.1, -0.05) is 152 Å². The van der Waals surface area contributed by atoms with Crippen LogP contribution in [0.2, 0.25) is 0 Å². The van der Waals surface area contributed by atoms with Gasteiger partial charge in [0.1, 0.15) is 0 Å². The van der Waals surface area contributed by atoms with Gasteiger partial charge in [0.15, 0.2) is 0 Å². The van der Waals surface area contributed by atoms with E-state index in [2.05, 4.69) is 193 Å². The molecule has 12 rings (SSSR count). The second-order valence-electron chi connectivity index (χ2n) is 16.5. The van der Waals surface area contributed by atoms with Gasteiger partial charge in [-0.05, 0) is 129 Å². The molecule has 0 N–H and O–H groups in total. The van der Waals surface area contributed by atoms with Crippen molar-refractivity contribution in [3.05, 3.63) is 199 Å². The number of rotatable bonds is 6. The molecule has 0 radical (unpaired) electrons. The molecule has 2 fully saturated rings. The molecule has 2 saturated carbocycles. The highest BCUT2D eigenvalue weighted by atomic mass is 32.1. The fourth-order valence-corrected chi connectivity index (χ4v) is 12.2. The van der Waals surface area contributed by atoms with Crippen LogP contribution in [0.4, 0.5) is 17.1 Å². The summed E-state index contributed by atoms with van der Waals surface area (Å²) in [6.45, 7) is 0. The molecule has 1 heterocycles. The van der Waals surface area contributed by atoms with E-state index in [9.17, 15) is 0 Å². The lowest BCUT2D eigenvalue weighted by Crippen LogP contribution is -2.31. The van der Waals surface area contributed by atoms with Crippen molar-refractivity contribution < 1.29 is 0 Å². The summed E-state index contributed by atoms with van der Waals surface area (Å²) in [4.78, 5) is 2.40. The van der Waals surface area contributed by atoms with Crippen LogP contribution in [0.1, 0.15) is 36.8 Å². The van der Waals surface area contributed by atoms with Gasteiger partial charge in [0, 0.05) is 42.6 Å². The van der Waals surface area contributed by atoms with E-state index in [1.54, 1.807) is 11.1 Å². The molecule has 2 bridgehead atoms. The van der Waals surface area contributed by atoms with E-state index in [0.717, 1.165) is 28.9 Å². The Labute approximate surface area is 338 Å². The van der Waals surface area contributed by atoms with Crippen molar-refractivity contribution in [1.29, 1.82) is 0 Å². The van der Waals surface area contributed by atoms with Gasteiger partial charge in [-0.25, -0.2) is 0 Å². The van der Waals surface area contributed by atoms with Gasteiger partial charge in [-0.2, -0.15) is 0 Å². The largest absolute Gasteiger partial charge is 0.310 e. The third kappa shape index (κ3) is 5.13. The van der Waals surface area contributed by atoms with E-state index in [1.165, 1.54) is 90.4 Å². The van der Waals surface area contributed by atoms with Crippen LogP contribution in [0.15, 0.2) is 188 Å². The van der Waals surface area contributed by atoms with Crippen LogP contribution < -0.4 is 4.90 Å². The van der Waals surface area contributed by atoms with Crippen LogP contribution in [-0.4, -0.2) is 0 Å². The Hall–Kier alpha value is -6.22. The zero-order valence-corrected chi connectivity index (χ0v) is 32.6. The first-order valence-electron chi connectivity index (χ1n) is 20.5. The summed E-state index contributed by atoms with van der Waals surface area (Å²) in [5.74, 6) is 1.64. The molecule has 0 saturated heterocycles. The average Bonchev–Trinajstić information content (AvgIpc) is 4.06. The number of nitrogens with zero attached hydrogens (tertiary/aromatic N) is 1. The van der Waals surface area contributed by atoms with E-state index < -0.39 is 0 Å². The molecule has 1 nitrogen and oxygen atoms in total. The predicted molar refractivity (Wildman–Crippen MR) is 242 cm³/mol. The first-order chi connectivity index (χ1) is 28.2. The third-order valence-electron chi connectivity index (χ3n) is 13.6. The van der Waals surface area contributed by atoms with Gasteiger partial charge in [0.25, 0.3) is 0 Å². The molecule has 2 heteroatoms. The van der Waals surface area contributed by atoms with E-state index in [-0.39, 0.29) is 5.41 Å². The monoisotopic (exact) mass is 747 g/mol. The molecule has 3 atom stereocenters. The lowest BCUT2D eigenvalue weighted by atomic mass is 9.66. The Kier molecular flexibility index (Phi) is 7.47. The van der Waals surface area contributed by atoms with Gasteiger partial charge < -0.3 is 4.90 Å². The maximum atomic E-state index is 2.47. The number of hydrogen-bond acceptors (Lipinski definition) is 2. The third-order valence-corrected chi connectivity index (χ3v) is 14.7. The number of anilines is 3. The lowest BCUT2D eigenvalue weighted by molar-refractivity contribution is 0.327. The second-order valence-corrected chi connectivity index (χ2v) is 17.6. The minimum atomic E-state index is 0.193. The average molecular weight is 748 g/mol. The number of fused-ring (bicyclic) bond motifs is 11. The highest BCUT2D eigenvalue weighted by Crippen LogP contribution is 2.66. The molecule has 1 aromatic heterocycles. The topological polar surface area (TPSA) is 3.24 Å². The van der Waals surface area contributed by atoms with Crippen molar-refractivity contribution >= 4 is 48.6 Å². The smallest absolute Gasteiger partial charge is 0.0476 e. The number of benzene rings is 8. The molecule has 9 aromatic rings. The molecule has 57 heavy (non-hydrogen) atoms. The summed E-state index contributed by atoms with van der Waals surface area (Å²) in [5.41, 5.74) is 17.3.